The molecule has 1 aromatic carbocycles. The molecule has 0 saturated carbocycles. The number of amides is 1. The number of nitrogen functional groups attached to an aromatic ring is 1. The van der Waals surface area contributed by atoms with Gasteiger partial charge in [-0.05, 0) is 73.9 Å². The number of carbonyl (C=O) groups is 1. The summed E-state index contributed by atoms with van der Waals surface area (Å²) in [6.45, 7) is 15.8. The molecule has 2 fully saturated rings. The number of hydrazine groups is 1. The molecule has 3 N–H and O–H groups in total. The van der Waals surface area contributed by atoms with Crippen molar-refractivity contribution in [2.75, 3.05) is 35.7 Å². The van der Waals surface area contributed by atoms with Crippen LogP contribution >= 0.6 is 0 Å². The summed E-state index contributed by atoms with van der Waals surface area (Å²) in [5.41, 5.74) is 14.5. The Morgan fingerprint density at radius 2 is 1.83 bits per heavy atom. The van der Waals surface area contributed by atoms with Crippen molar-refractivity contribution in [3.8, 4) is 11.1 Å². The molecule has 6 heterocycles. The summed E-state index contributed by atoms with van der Waals surface area (Å²) in [5, 5.41) is 11.9. The van der Waals surface area contributed by atoms with E-state index in [-0.39, 0.29) is 5.91 Å². The van der Waals surface area contributed by atoms with Gasteiger partial charge >= 0.3 is 0 Å². The van der Waals surface area contributed by atoms with Gasteiger partial charge in [0.1, 0.15) is 11.8 Å². The lowest BCUT2D eigenvalue weighted by molar-refractivity contribution is -0.112. The van der Waals surface area contributed by atoms with Crippen molar-refractivity contribution >= 4 is 28.7 Å². The van der Waals surface area contributed by atoms with Crippen LogP contribution in [-0.2, 0) is 4.79 Å². The average molecular weight is 616 g/mol. The van der Waals surface area contributed by atoms with E-state index in [1.54, 1.807) is 6.20 Å². The second-order valence-electron chi connectivity index (χ2n) is 12.7. The van der Waals surface area contributed by atoms with E-state index in [1.807, 2.05) is 52.0 Å². The van der Waals surface area contributed by atoms with Crippen LogP contribution in [0.15, 0.2) is 96.9 Å². The van der Waals surface area contributed by atoms with Gasteiger partial charge in [0.25, 0.3) is 5.91 Å². The Morgan fingerprint density at radius 1 is 1.04 bits per heavy atom. The average Bonchev–Trinajstić information content (AvgIpc) is 3.61. The molecule has 0 spiro atoms. The maximum atomic E-state index is 13.8. The first-order chi connectivity index (χ1) is 22.3. The van der Waals surface area contributed by atoms with E-state index in [0.717, 1.165) is 85.6 Å². The number of carbonyl (C=O) groups excluding carboxylic acids is 1. The van der Waals surface area contributed by atoms with Crippen LogP contribution in [0.25, 0.3) is 16.6 Å². The van der Waals surface area contributed by atoms with E-state index in [9.17, 15) is 4.79 Å². The van der Waals surface area contributed by atoms with Crippen LogP contribution in [0, 0.1) is 5.92 Å². The quantitative estimate of drug-likeness (QED) is 0.248. The van der Waals surface area contributed by atoms with Gasteiger partial charge in [-0.1, -0.05) is 45.2 Å². The summed E-state index contributed by atoms with van der Waals surface area (Å²) in [6.07, 6.45) is 8.23. The number of fused-ring (bicyclic) bond motifs is 2. The molecule has 3 aliphatic heterocycles. The molecule has 0 unspecified atom stereocenters. The first-order valence-corrected chi connectivity index (χ1v) is 16.2. The predicted molar refractivity (Wildman–Crippen MR) is 182 cm³/mol. The van der Waals surface area contributed by atoms with Crippen LogP contribution in [0.4, 0.5) is 17.3 Å². The van der Waals surface area contributed by atoms with Gasteiger partial charge in [-0.3, -0.25) is 9.80 Å². The monoisotopic (exact) mass is 615 g/mol. The highest BCUT2D eigenvalue weighted by atomic mass is 16.2. The highest BCUT2D eigenvalue weighted by Crippen LogP contribution is 2.41. The first-order valence-electron chi connectivity index (χ1n) is 16.2. The summed E-state index contributed by atoms with van der Waals surface area (Å²) in [5.74, 6) is 1.83. The van der Waals surface area contributed by atoms with Crippen molar-refractivity contribution in [2.24, 2.45) is 5.92 Å². The van der Waals surface area contributed by atoms with Gasteiger partial charge in [-0.15, -0.1) is 0 Å². The maximum Gasteiger partial charge on any atom is 0.259 e. The van der Waals surface area contributed by atoms with Crippen molar-refractivity contribution in [1.29, 1.82) is 0 Å². The molecule has 1 amide bonds. The molecule has 0 bridgehead atoms. The Bertz CT molecular complexity index is 1830. The van der Waals surface area contributed by atoms with Gasteiger partial charge in [0.15, 0.2) is 11.6 Å². The third-order valence-electron chi connectivity index (χ3n) is 9.56. The normalized spacial score (nSPS) is 17.3. The van der Waals surface area contributed by atoms with Crippen molar-refractivity contribution in [1.82, 2.24) is 29.5 Å². The van der Waals surface area contributed by atoms with Gasteiger partial charge in [0.2, 0.25) is 0 Å². The van der Waals surface area contributed by atoms with E-state index in [2.05, 4.69) is 63.4 Å². The third-order valence-corrected chi connectivity index (χ3v) is 9.56. The minimum Gasteiger partial charge on any atom is -0.382 e. The Hall–Kier alpha value is -5.12. The minimum absolute atomic E-state index is 0.168. The fraction of sp³-hybridized carbons (Fsp3) is 0.333. The van der Waals surface area contributed by atoms with Crippen LogP contribution in [0.2, 0.25) is 0 Å². The lowest BCUT2D eigenvalue weighted by atomic mass is 9.92. The molecular formula is C36H41N9O. The summed E-state index contributed by atoms with van der Waals surface area (Å²) < 4.78 is 1.97. The molecule has 236 valence electrons. The molecule has 3 aliphatic rings. The van der Waals surface area contributed by atoms with Crippen LogP contribution < -0.4 is 16.1 Å². The number of nitrogens with zero attached hydrogens (tertiary/aromatic N) is 7. The van der Waals surface area contributed by atoms with Gasteiger partial charge in [-0.25, -0.2) is 19.5 Å². The molecular weight excluding hydrogens is 574 g/mol. The first kappa shape index (κ1) is 29.6. The Kier molecular flexibility index (Phi) is 7.72. The number of nitrogens with two attached hydrogens (primary N) is 1. The zero-order chi connectivity index (χ0) is 31.9. The number of rotatable bonds is 7. The lowest BCUT2D eigenvalue weighted by Gasteiger charge is -2.36. The van der Waals surface area contributed by atoms with Gasteiger partial charge in [0, 0.05) is 54.4 Å². The predicted octanol–water partition coefficient (Wildman–Crippen LogP) is 6.35. The van der Waals surface area contributed by atoms with E-state index in [4.69, 9.17) is 5.73 Å². The zero-order valence-corrected chi connectivity index (χ0v) is 26.6. The van der Waals surface area contributed by atoms with Crippen molar-refractivity contribution < 1.29 is 4.79 Å². The number of anilines is 3. The number of pyridine rings is 1. The van der Waals surface area contributed by atoms with Crippen molar-refractivity contribution in [2.45, 2.75) is 51.9 Å². The topological polar surface area (TPSA) is 108 Å². The standard InChI is InChI=1S/C36H41N9O/c1-23(2)24(3)42-19-15-27(16-20-42)31-21-29(34-35(37)39-22-40-44(31)34)26-11-13-28(14-12-26)41-36(46)33-25(4)45(32-10-5-7-17-38-32)43-18-8-6-9-30(33)43/h5,7,10-14,17,21-23,27H,3-4,6,8-9,15-16,18-20H2,1-2H3,(H,41,46)(H2,37,39,40). The Labute approximate surface area is 269 Å². The number of allylic oxidation sites excluding steroid dienone is 2. The van der Waals surface area contributed by atoms with Gasteiger partial charge in [-0.2, -0.15) is 5.10 Å². The molecule has 0 aliphatic carbocycles. The highest BCUT2D eigenvalue weighted by molar-refractivity contribution is 6.09. The number of hydrogen-bond donors (Lipinski definition) is 2. The number of benzene rings is 1. The third kappa shape index (κ3) is 5.17. The number of aromatic nitrogens is 4. The number of piperidine rings is 2. The fourth-order valence-electron chi connectivity index (χ4n) is 7.07. The summed E-state index contributed by atoms with van der Waals surface area (Å²) in [7, 11) is 0. The van der Waals surface area contributed by atoms with Gasteiger partial charge in [0.05, 0.1) is 17.0 Å². The molecule has 10 nitrogen and oxygen atoms in total. The van der Waals surface area contributed by atoms with E-state index in [1.165, 1.54) is 12.0 Å². The van der Waals surface area contributed by atoms with Gasteiger partial charge < -0.3 is 16.0 Å². The largest absolute Gasteiger partial charge is 0.382 e. The molecule has 3 aromatic heterocycles. The SMILES string of the molecule is C=C(C(C)C)N1CCC(c2cc(-c3ccc(NC(=O)C4=C5CCCCN5N(c5ccccn5)C4=C)cc3)c3c(N)ncnn23)CC1. The van der Waals surface area contributed by atoms with Crippen LogP contribution in [-0.4, -0.2) is 55.0 Å². The lowest BCUT2D eigenvalue weighted by Crippen LogP contribution is -2.39. The summed E-state index contributed by atoms with van der Waals surface area (Å²) in [6, 6.07) is 15.9. The molecule has 2 saturated heterocycles. The summed E-state index contributed by atoms with van der Waals surface area (Å²) in [4.78, 5) is 25.0. The zero-order valence-electron chi connectivity index (χ0n) is 26.6. The Morgan fingerprint density at radius 3 is 2.54 bits per heavy atom. The molecule has 4 aromatic rings. The molecule has 46 heavy (non-hydrogen) atoms. The number of nitrogens with one attached hydrogen (secondary N) is 1. The maximum absolute atomic E-state index is 13.8. The molecule has 0 radical (unpaired) electrons. The highest BCUT2D eigenvalue weighted by Gasteiger charge is 2.39. The van der Waals surface area contributed by atoms with Crippen molar-refractivity contribution in [3.63, 3.8) is 0 Å². The number of hydrogen-bond acceptors (Lipinski definition) is 8. The van der Waals surface area contributed by atoms with E-state index in [0.29, 0.717) is 34.6 Å². The molecule has 0 atom stereocenters. The number of likely N-dealkylation sites (tertiary alicyclic amines) is 1. The van der Waals surface area contributed by atoms with Crippen LogP contribution in [0.1, 0.15) is 57.6 Å². The second-order valence-corrected chi connectivity index (χ2v) is 12.7. The molecule has 10 heteroatoms. The minimum atomic E-state index is -0.168. The Balaban J connectivity index is 1.13. The van der Waals surface area contributed by atoms with Crippen molar-refractivity contribution in [3.05, 3.63) is 103 Å². The van der Waals surface area contributed by atoms with Crippen LogP contribution in [0.3, 0.4) is 0 Å². The summed E-state index contributed by atoms with van der Waals surface area (Å²) >= 11 is 0. The van der Waals surface area contributed by atoms with E-state index < -0.39 is 0 Å². The smallest absolute Gasteiger partial charge is 0.259 e. The van der Waals surface area contributed by atoms with E-state index >= 15 is 0 Å². The van der Waals surface area contributed by atoms with Crippen LogP contribution in [0.5, 0.6) is 0 Å². The fourth-order valence-corrected chi connectivity index (χ4v) is 7.07. The molecule has 7 rings (SSSR count). The second kappa shape index (κ2) is 12.0.